The van der Waals surface area contributed by atoms with Gasteiger partial charge in [-0.2, -0.15) is 0 Å². The molecule has 154 valence electrons. The van der Waals surface area contributed by atoms with E-state index in [1.807, 2.05) is 22.0 Å². The van der Waals surface area contributed by atoms with Gasteiger partial charge in [-0.25, -0.2) is 9.97 Å². The smallest absolute Gasteiger partial charge is 0.246 e. The minimum atomic E-state index is -0.370. The zero-order chi connectivity index (χ0) is 20.0. The number of fused-ring (bicyclic) bond motifs is 4. The van der Waals surface area contributed by atoms with Crippen molar-refractivity contribution in [1.82, 2.24) is 19.8 Å². The normalized spacial score (nSPS) is 31.1. The maximum Gasteiger partial charge on any atom is 0.246 e. The number of hydrogen-bond donors (Lipinski definition) is 0. The van der Waals surface area contributed by atoms with Crippen molar-refractivity contribution in [2.45, 2.75) is 37.8 Å². The molecule has 8 nitrogen and oxygen atoms in total. The summed E-state index contributed by atoms with van der Waals surface area (Å²) < 4.78 is 5.18. The van der Waals surface area contributed by atoms with Crippen LogP contribution < -0.4 is 9.64 Å². The molecule has 1 aromatic heterocycles. The van der Waals surface area contributed by atoms with Crippen LogP contribution >= 0.6 is 0 Å². The van der Waals surface area contributed by atoms with E-state index in [2.05, 4.69) is 14.9 Å². The van der Waals surface area contributed by atoms with Gasteiger partial charge in [0.15, 0.2) is 5.75 Å². The van der Waals surface area contributed by atoms with Gasteiger partial charge < -0.3 is 19.4 Å². The van der Waals surface area contributed by atoms with Gasteiger partial charge in [0.2, 0.25) is 17.8 Å². The molecule has 29 heavy (non-hydrogen) atoms. The summed E-state index contributed by atoms with van der Waals surface area (Å²) in [6.45, 7) is 2.80. The monoisotopic (exact) mass is 397 g/mol. The van der Waals surface area contributed by atoms with E-state index in [0.29, 0.717) is 43.7 Å². The fourth-order valence-corrected chi connectivity index (χ4v) is 5.56. The van der Waals surface area contributed by atoms with Crippen molar-refractivity contribution in [3.63, 3.8) is 0 Å². The molecule has 2 amide bonds. The molecule has 0 spiro atoms. The molecule has 0 radical (unpaired) electrons. The SMILES string of the molecule is COc1cnc(N2C[C@H]3C[C@@H](C2)[C@H](C(=O)N2CC=CC2)N2C(=O)CCC[C@@H]32)nc1. The summed E-state index contributed by atoms with van der Waals surface area (Å²) in [6, 6.07) is -0.233. The third-order valence-corrected chi connectivity index (χ3v) is 6.86. The van der Waals surface area contributed by atoms with E-state index >= 15 is 0 Å². The number of carbonyl (C=O) groups excluding carboxylic acids is 2. The van der Waals surface area contributed by atoms with E-state index in [9.17, 15) is 9.59 Å². The molecule has 8 heteroatoms. The van der Waals surface area contributed by atoms with E-state index < -0.39 is 0 Å². The fraction of sp³-hybridized carbons (Fsp3) is 0.619. The van der Waals surface area contributed by atoms with E-state index in [4.69, 9.17) is 4.74 Å². The molecule has 3 saturated heterocycles. The maximum absolute atomic E-state index is 13.5. The summed E-state index contributed by atoms with van der Waals surface area (Å²) in [5.74, 6) is 2.00. The summed E-state index contributed by atoms with van der Waals surface area (Å²) in [5.41, 5.74) is 0. The van der Waals surface area contributed by atoms with Crippen LogP contribution in [0.15, 0.2) is 24.5 Å². The second-order valence-corrected chi connectivity index (χ2v) is 8.50. The van der Waals surface area contributed by atoms with Crippen molar-refractivity contribution in [3.8, 4) is 5.75 Å². The van der Waals surface area contributed by atoms with E-state index in [0.717, 1.165) is 25.8 Å². The van der Waals surface area contributed by atoms with Gasteiger partial charge in [0.25, 0.3) is 0 Å². The van der Waals surface area contributed by atoms with Gasteiger partial charge in [0.1, 0.15) is 6.04 Å². The van der Waals surface area contributed by atoms with Gasteiger partial charge in [0.05, 0.1) is 19.5 Å². The Hall–Kier alpha value is -2.64. The minimum Gasteiger partial charge on any atom is -0.494 e. The van der Waals surface area contributed by atoms with Crippen LogP contribution in [-0.2, 0) is 9.59 Å². The molecule has 4 atom stereocenters. The largest absolute Gasteiger partial charge is 0.494 e. The number of amides is 2. The number of ether oxygens (including phenoxy) is 1. The fourth-order valence-electron chi connectivity index (χ4n) is 5.56. The molecule has 0 aliphatic carbocycles. The highest BCUT2D eigenvalue weighted by Crippen LogP contribution is 2.42. The molecular weight excluding hydrogens is 370 g/mol. The maximum atomic E-state index is 13.5. The van der Waals surface area contributed by atoms with Crippen LogP contribution in [0, 0.1) is 11.8 Å². The average molecular weight is 397 g/mol. The number of carbonyl (C=O) groups is 2. The molecule has 0 saturated carbocycles. The first kappa shape index (κ1) is 18.4. The highest BCUT2D eigenvalue weighted by Gasteiger charge is 2.53. The number of rotatable bonds is 3. The first-order valence-electron chi connectivity index (χ1n) is 10.5. The number of methoxy groups -OCH3 is 1. The van der Waals surface area contributed by atoms with Gasteiger partial charge in [0, 0.05) is 44.6 Å². The highest BCUT2D eigenvalue weighted by molar-refractivity contribution is 5.89. The van der Waals surface area contributed by atoms with Crippen molar-refractivity contribution in [3.05, 3.63) is 24.5 Å². The molecule has 4 aliphatic heterocycles. The molecule has 0 N–H and O–H groups in total. The number of nitrogens with zero attached hydrogens (tertiary/aromatic N) is 5. The molecule has 1 aromatic rings. The summed E-state index contributed by atoms with van der Waals surface area (Å²) in [5, 5.41) is 0. The summed E-state index contributed by atoms with van der Waals surface area (Å²) >= 11 is 0. The zero-order valence-corrected chi connectivity index (χ0v) is 16.7. The van der Waals surface area contributed by atoms with Crippen molar-refractivity contribution < 1.29 is 14.3 Å². The number of hydrogen-bond acceptors (Lipinski definition) is 6. The van der Waals surface area contributed by atoms with E-state index in [1.165, 1.54) is 0 Å². The van der Waals surface area contributed by atoms with Crippen molar-refractivity contribution in [1.29, 1.82) is 0 Å². The first-order valence-corrected chi connectivity index (χ1v) is 10.5. The molecule has 2 bridgehead atoms. The Balaban J connectivity index is 1.45. The van der Waals surface area contributed by atoms with Crippen LogP contribution in [0.1, 0.15) is 25.7 Å². The lowest BCUT2D eigenvalue weighted by Gasteiger charge is -2.56. The lowest BCUT2D eigenvalue weighted by Crippen LogP contribution is -2.68. The van der Waals surface area contributed by atoms with Crippen molar-refractivity contribution >= 4 is 17.8 Å². The topological polar surface area (TPSA) is 78.9 Å². The summed E-state index contributed by atoms with van der Waals surface area (Å²) in [7, 11) is 1.60. The Bertz CT molecular complexity index is 818. The van der Waals surface area contributed by atoms with Crippen LogP contribution in [0.3, 0.4) is 0 Å². The molecule has 3 fully saturated rings. The van der Waals surface area contributed by atoms with Gasteiger partial charge in [-0.1, -0.05) is 12.2 Å². The predicted molar refractivity (Wildman–Crippen MR) is 106 cm³/mol. The molecule has 0 unspecified atom stereocenters. The third kappa shape index (κ3) is 3.14. The highest BCUT2D eigenvalue weighted by atomic mass is 16.5. The van der Waals surface area contributed by atoms with Gasteiger partial charge in [-0.15, -0.1) is 0 Å². The average Bonchev–Trinajstić information content (AvgIpc) is 3.29. The van der Waals surface area contributed by atoms with E-state index in [1.54, 1.807) is 19.5 Å². The molecular formula is C21H27N5O3. The lowest BCUT2D eigenvalue weighted by molar-refractivity contribution is -0.160. The van der Waals surface area contributed by atoms with Crippen LogP contribution in [0.25, 0.3) is 0 Å². The number of piperidine rings is 3. The minimum absolute atomic E-state index is 0.0937. The van der Waals surface area contributed by atoms with Crippen LogP contribution in [0.5, 0.6) is 5.75 Å². The van der Waals surface area contributed by atoms with Crippen LogP contribution in [0.2, 0.25) is 0 Å². The van der Waals surface area contributed by atoms with Crippen LogP contribution in [0.4, 0.5) is 5.95 Å². The predicted octanol–water partition coefficient (Wildman–Crippen LogP) is 1.09. The Morgan fingerprint density at radius 3 is 2.59 bits per heavy atom. The van der Waals surface area contributed by atoms with Crippen molar-refractivity contribution in [2.24, 2.45) is 11.8 Å². The molecule has 4 aliphatic rings. The number of anilines is 1. The molecule has 5 heterocycles. The lowest BCUT2D eigenvalue weighted by atomic mass is 9.71. The second kappa shape index (κ2) is 7.31. The Morgan fingerprint density at radius 2 is 1.86 bits per heavy atom. The first-order chi connectivity index (χ1) is 14.2. The molecule has 0 aromatic carbocycles. The Kier molecular flexibility index (Phi) is 4.64. The Labute approximate surface area is 170 Å². The standard InChI is InChI=1S/C21H27N5O3/c1-29-16-10-22-21(23-11-16)25-12-14-9-15(13-25)19(20(28)24-7-2-3-8-24)26-17(14)5-4-6-18(26)27/h2-3,10-11,14-15,17,19H,4-9,12-13H2,1H3/t14-,15+,17+,19-/m1/s1. The molecule has 5 rings (SSSR count). The van der Waals surface area contributed by atoms with Gasteiger partial charge >= 0.3 is 0 Å². The van der Waals surface area contributed by atoms with E-state index in [-0.39, 0.29) is 29.8 Å². The summed E-state index contributed by atoms with van der Waals surface area (Å²) in [4.78, 5) is 41.3. The Morgan fingerprint density at radius 1 is 1.14 bits per heavy atom. The summed E-state index contributed by atoms with van der Waals surface area (Å²) in [6.07, 6.45) is 10.8. The van der Waals surface area contributed by atoms with Crippen LogP contribution in [-0.4, -0.2) is 77.0 Å². The van der Waals surface area contributed by atoms with Gasteiger partial charge in [-0.3, -0.25) is 9.59 Å². The van der Waals surface area contributed by atoms with Gasteiger partial charge in [-0.05, 0) is 25.2 Å². The number of aromatic nitrogens is 2. The second-order valence-electron chi connectivity index (χ2n) is 8.50. The third-order valence-electron chi connectivity index (χ3n) is 6.86. The van der Waals surface area contributed by atoms with Crippen molar-refractivity contribution in [2.75, 3.05) is 38.2 Å². The zero-order valence-electron chi connectivity index (χ0n) is 16.7. The quantitative estimate of drug-likeness (QED) is 0.711.